The molecule has 0 bridgehead atoms. The van der Waals surface area contributed by atoms with Gasteiger partial charge in [0.05, 0.1) is 0 Å². The van der Waals surface area contributed by atoms with Gasteiger partial charge in [0.25, 0.3) is 0 Å². The van der Waals surface area contributed by atoms with E-state index in [4.69, 9.17) is 17.3 Å². The Kier molecular flexibility index (Phi) is 2.78. The molecule has 1 aromatic carbocycles. The average molecular weight is 224 g/mol. The molecule has 2 heteroatoms. The van der Waals surface area contributed by atoms with Crippen LogP contribution in [0.2, 0.25) is 5.02 Å². The van der Waals surface area contributed by atoms with Crippen LogP contribution in [-0.2, 0) is 11.8 Å². The molecule has 0 saturated carbocycles. The van der Waals surface area contributed by atoms with Crippen LogP contribution in [0, 0.1) is 5.92 Å². The van der Waals surface area contributed by atoms with Gasteiger partial charge in [0.2, 0.25) is 0 Å². The molecule has 0 saturated heterocycles. The van der Waals surface area contributed by atoms with Crippen LogP contribution in [-0.4, -0.2) is 6.54 Å². The highest BCUT2D eigenvalue weighted by atomic mass is 35.5. The van der Waals surface area contributed by atoms with Gasteiger partial charge in [-0.15, -0.1) is 0 Å². The Labute approximate surface area is 96.6 Å². The Balaban J connectivity index is 2.55. The molecule has 82 valence electrons. The number of hydrogen-bond acceptors (Lipinski definition) is 1. The van der Waals surface area contributed by atoms with Crippen molar-refractivity contribution in [1.29, 1.82) is 0 Å². The topological polar surface area (TPSA) is 26.0 Å². The van der Waals surface area contributed by atoms with Crippen LogP contribution in [0.4, 0.5) is 0 Å². The number of fused-ring (bicyclic) bond motifs is 1. The standard InChI is InChI=1S/C13H18ClN/c1-13(2)10(8-15)7-6-9-4-3-5-11(14)12(9)13/h3-5,10H,6-8,15H2,1-2H3. The van der Waals surface area contributed by atoms with Crippen molar-refractivity contribution in [2.24, 2.45) is 11.7 Å². The lowest BCUT2D eigenvalue weighted by atomic mass is 9.65. The first kappa shape index (κ1) is 11.0. The molecule has 15 heavy (non-hydrogen) atoms. The fraction of sp³-hybridized carbons (Fsp3) is 0.538. The highest BCUT2D eigenvalue weighted by Gasteiger charge is 2.36. The minimum atomic E-state index is 0.112. The van der Waals surface area contributed by atoms with Crippen LogP contribution in [0.5, 0.6) is 0 Å². The van der Waals surface area contributed by atoms with E-state index in [0.29, 0.717) is 5.92 Å². The fourth-order valence-corrected chi connectivity index (χ4v) is 3.24. The molecule has 1 nitrogen and oxygen atoms in total. The number of nitrogens with two attached hydrogens (primary N) is 1. The fourth-order valence-electron chi connectivity index (χ4n) is 2.81. The van der Waals surface area contributed by atoms with Crippen molar-refractivity contribution < 1.29 is 0 Å². The van der Waals surface area contributed by atoms with Gasteiger partial charge >= 0.3 is 0 Å². The van der Waals surface area contributed by atoms with E-state index in [1.165, 1.54) is 17.5 Å². The predicted octanol–water partition coefficient (Wildman–Crippen LogP) is 3.14. The summed E-state index contributed by atoms with van der Waals surface area (Å²) in [5.74, 6) is 0.546. The minimum Gasteiger partial charge on any atom is -0.330 e. The Bertz CT molecular complexity index is 371. The molecule has 2 rings (SSSR count). The van der Waals surface area contributed by atoms with Crippen molar-refractivity contribution >= 4 is 11.6 Å². The van der Waals surface area contributed by atoms with Crippen molar-refractivity contribution in [3.63, 3.8) is 0 Å². The maximum atomic E-state index is 6.31. The van der Waals surface area contributed by atoms with E-state index in [9.17, 15) is 0 Å². The van der Waals surface area contributed by atoms with Gasteiger partial charge in [0, 0.05) is 5.02 Å². The van der Waals surface area contributed by atoms with Crippen LogP contribution in [0.3, 0.4) is 0 Å². The monoisotopic (exact) mass is 223 g/mol. The lowest BCUT2D eigenvalue weighted by Crippen LogP contribution is -2.38. The molecule has 1 unspecified atom stereocenters. The molecule has 0 amide bonds. The van der Waals surface area contributed by atoms with E-state index in [1.54, 1.807) is 0 Å². The van der Waals surface area contributed by atoms with Crippen LogP contribution < -0.4 is 5.73 Å². The van der Waals surface area contributed by atoms with Gasteiger partial charge in [0.1, 0.15) is 0 Å². The molecule has 0 heterocycles. The van der Waals surface area contributed by atoms with Crippen LogP contribution >= 0.6 is 11.6 Å². The van der Waals surface area contributed by atoms with Gasteiger partial charge < -0.3 is 5.73 Å². The third-order valence-electron chi connectivity index (χ3n) is 3.81. The molecule has 2 N–H and O–H groups in total. The Morgan fingerprint density at radius 1 is 1.47 bits per heavy atom. The SMILES string of the molecule is CC1(C)c2c(Cl)cccc2CCC1CN. The van der Waals surface area contributed by atoms with E-state index in [0.717, 1.165) is 18.0 Å². The van der Waals surface area contributed by atoms with Crippen molar-refractivity contribution in [2.45, 2.75) is 32.1 Å². The normalized spacial score (nSPS) is 23.6. The molecule has 0 aromatic heterocycles. The second-order valence-corrected chi connectivity index (χ2v) is 5.37. The third kappa shape index (κ3) is 1.68. The lowest BCUT2D eigenvalue weighted by Gasteiger charge is -2.40. The van der Waals surface area contributed by atoms with Crippen LogP contribution in [0.25, 0.3) is 0 Å². The van der Waals surface area contributed by atoms with E-state index in [2.05, 4.69) is 19.9 Å². The molecular formula is C13H18ClN. The molecule has 1 aromatic rings. The second-order valence-electron chi connectivity index (χ2n) is 4.97. The summed E-state index contributed by atoms with van der Waals surface area (Å²) in [5.41, 5.74) is 8.67. The largest absolute Gasteiger partial charge is 0.330 e. The summed E-state index contributed by atoms with van der Waals surface area (Å²) in [5, 5.41) is 0.899. The summed E-state index contributed by atoms with van der Waals surface area (Å²) >= 11 is 6.31. The summed E-state index contributed by atoms with van der Waals surface area (Å²) < 4.78 is 0. The van der Waals surface area contributed by atoms with E-state index >= 15 is 0 Å². The smallest absolute Gasteiger partial charge is 0.0446 e. The first-order valence-electron chi connectivity index (χ1n) is 5.55. The maximum absolute atomic E-state index is 6.31. The quantitative estimate of drug-likeness (QED) is 0.778. The van der Waals surface area contributed by atoms with E-state index in [1.807, 2.05) is 12.1 Å². The minimum absolute atomic E-state index is 0.112. The number of hydrogen-bond donors (Lipinski definition) is 1. The van der Waals surface area contributed by atoms with E-state index in [-0.39, 0.29) is 5.41 Å². The van der Waals surface area contributed by atoms with Crippen molar-refractivity contribution in [3.8, 4) is 0 Å². The molecule has 0 radical (unpaired) electrons. The number of rotatable bonds is 1. The lowest BCUT2D eigenvalue weighted by molar-refractivity contribution is 0.286. The van der Waals surface area contributed by atoms with Gasteiger partial charge in [-0.25, -0.2) is 0 Å². The molecule has 1 aliphatic rings. The third-order valence-corrected chi connectivity index (χ3v) is 4.13. The van der Waals surface area contributed by atoms with Gasteiger partial charge in [0.15, 0.2) is 0 Å². The summed E-state index contributed by atoms with van der Waals surface area (Å²) in [6.45, 7) is 5.26. The van der Waals surface area contributed by atoms with Crippen molar-refractivity contribution in [3.05, 3.63) is 34.3 Å². The molecule has 1 aliphatic carbocycles. The molecule has 0 fully saturated rings. The first-order valence-corrected chi connectivity index (χ1v) is 5.93. The van der Waals surface area contributed by atoms with Crippen LogP contribution in [0.15, 0.2) is 18.2 Å². The number of benzene rings is 1. The summed E-state index contributed by atoms with van der Waals surface area (Å²) in [4.78, 5) is 0. The maximum Gasteiger partial charge on any atom is 0.0446 e. The Morgan fingerprint density at radius 3 is 2.87 bits per heavy atom. The Hall–Kier alpha value is -0.530. The van der Waals surface area contributed by atoms with E-state index < -0.39 is 0 Å². The summed E-state index contributed by atoms with van der Waals surface area (Å²) in [6, 6.07) is 6.22. The summed E-state index contributed by atoms with van der Waals surface area (Å²) in [7, 11) is 0. The predicted molar refractivity (Wildman–Crippen MR) is 65.3 cm³/mol. The highest BCUT2D eigenvalue weighted by Crippen LogP contribution is 2.43. The zero-order valence-electron chi connectivity index (χ0n) is 9.39. The zero-order valence-corrected chi connectivity index (χ0v) is 10.1. The van der Waals surface area contributed by atoms with Gasteiger partial charge in [-0.3, -0.25) is 0 Å². The van der Waals surface area contributed by atoms with Gasteiger partial charge in [-0.05, 0) is 47.9 Å². The molecule has 0 spiro atoms. The molecule has 0 aliphatic heterocycles. The Morgan fingerprint density at radius 2 is 2.20 bits per heavy atom. The average Bonchev–Trinajstić information content (AvgIpc) is 2.17. The second kappa shape index (κ2) is 3.80. The van der Waals surface area contributed by atoms with Gasteiger partial charge in [-0.1, -0.05) is 37.6 Å². The number of aryl methyl sites for hydroxylation is 1. The summed E-state index contributed by atoms with van der Waals surface area (Å²) in [6.07, 6.45) is 2.29. The van der Waals surface area contributed by atoms with Crippen molar-refractivity contribution in [2.75, 3.05) is 6.54 Å². The van der Waals surface area contributed by atoms with Crippen molar-refractivity contribution in [1.82, 2.24) is 0 Å². The van der Waals surface area contributed by atoms with Gasteiger partial charge in [-0.2, -0.15) is 0 Å². The first-order chi connectivity index (χ1) is 7.07. The molecule has 1 atom stereocenters. The highest BCUT2D eigenvalue weighted by molar-refractivity contribution is 6.31. The molecular weight excluding hydrogens is 206 g/mol. The van der Waals surface area contributed by atoms with Crippen LogP contribution in [0.1, 0.15) is 31.4 Å². The zero-order chi connectivity index (χ0) is 11.1. The number of halogens is 1.